The van der Waals surface area contributed by atoms with Crippen LogP contribution >= 0.6 is 0 Å². The van der Waals surface area contributed by atoms with Crippen LogP contribution in [0.1, 0.15) is 44.4 Å². The average molecular weight is 261 g/mol. The molecule has 5 heteroatoms. The minimum absolute atomic E-state index is 0.106. The summed E-state index contributed by atoms with van der Waals surface area (Å²) in [5.74, 6) is 1.35. The van der Waals surface area contributed by atoms with Gasteiger partial charge in [0.15, 0.2) is 0 Å². The first kappa shape index (κ1) is 12.7. The van der Waals surface area contributed by atoms with Crippen LogP contribution in [0.15, 0.2) is 0 Å². The third-order valence-electron chi connectivity index (χ3n) is 4.30. The summed E-state index contributed by atoms with van der Waals surface area (Å²) in [5.41, 5.74) is 8.53. The van der Waals surface area contributed by atoms with Crippen LogP contribution in [-0.4, -0.2) is 29.1 Å². The zero-order valence-corrected chi connectivity index (χ0v) is 11.8. The third kappa shape index (κ3) is 2.39. The van der Waals surface area contributed by atoms with Crippen LogP contribution in [0.3, 0.4) is 0 Å². The van der Waals surface area contributed by atoms with E-state index in [1.54, 1.807) is 0 Å². The van der Waals surface area contributed by atoms with Crippen LogP contribution in [-0.2, 0) is 11.8 Å². The van der Waals surface area contributed by atoms with E-state index in [1.807, 2.05) is 0 Å². The van der Waals surface area contributed by atoms with Gasteiger partial charge in [0.05, 0.1) is 5.69 Å². The molecule has 5 nitrogen and oxygen atoms in total. The van der Waals surface area contributed by atoms with Crippen LogP contribution in [0, 0.1) is 0 Å². The lowest BCUT2D eigenvalue weighted by Crippen LogP contribution is -2.29. The van der Waals surface area contributed by atoms with Crippen molar-refractivity contribution in [2.45, 2.75) is 51.0 Å². The number of nitrogens with one attached hydrogen (secondary N) is 2. The van der Waals surface area contributed by atoms with Gasteiger partial charge in [-0.2, -0.15) is 4.98 Å². The van der Waals surface area contributed by atoms with E-state index in [1.165, 1.54) is 12.8 Å². The van der Waals surface area contributed by atoms with Gasteiger partial charge in [-0.15, -0.1) is 0 Å². The van der Waals surface area contributed by atoms with Crippen LogP contribution in [0.2, 0.25) is 0 Å². The quantitative estimate of drug-likeness (QED) is 0.751. The molecule has 1 aliphatic heterocycles. The summed E-state index contributed by atoms with van der Waals surface area (Å²) in [6.07, 6.45) is 4.47. The topological polar surface area (TPSA) is 75.9 Å². The van der Waals surface area contributed by atoms with E-state index in [0.29, 0.717) is 17.8 Å². The highest BCUT2D eigenvalue weighted by Gasteiger charge is 2.31. The fourth-order valence-corrected chi connectivity index (χ4v) is 3.16. The molecule has 0 bridgehead atoms. The van der Waals surface area contributed by atoms with Crippen molar-refractivity contribution in [2.24, 2.45) is 0 Å². The van der Waals surface area contributed by atoms with Gasteiger partial charge in [0.25, 0.3) is 0 Å². The lowest BCUT2D eigenvalue weighted by Gasteiger charge is -2.32. The van der Waals surface area contributed by atoms with Gasteiger partial charge in [0, 0.05) is 23.6 Å². The van der Waals surface area contributed by atoms with Crippen molar-refractivity contribution in [3.05, 3.63) is 11.3 Å². The first-order chi connectivity index (χ1) is 9.06. The molecule has 1 saturated heterocycles. The Bertz CT molecular complexity index is 477. The Labute approximate surface area is 114 Å². The first-order valence-electron chi connectivity index (χ1n) is 7.20. The number of hydrogen-bond donors (Lipinski definition) is 3. The number of nitrogens with two attached hydrogens (primary N) is 1. The second-order valence-electron chi connectivity index (χ2n) is 6.33. The maximum absolute atomic E-state index is 6.13. The molecule has 1 fully saturated rings. The smallest absolute Gasteiger partial charge is 0.225 e. The Morgan fingerprint density at radius 2 is 2.21 bits per heavy atom. The Kier molecular flexibility index (Phi) is 3.09. The number of nitrogen functional groups attached to an aromatic ring is 1. The summed E-state index contributed by atoms with van der Waals surface area (Å²) in [6, 6.07) is 0.421. The molecule has 1 unspecified atom stereocenters. The van der Waals surface area contributed by atoms with E-state index in [9.17, 15) is 0 Å². The molecule has 0 spiro atoms. The number of nitrogens with zero attached hydrogens (tertiary/aromatic N) is 2. The zero-order chi connectivity index (χ0) is 13.5. The van der Waals surface area contributed by atoms with Crippen molar-refractivity contribution in [1.82, 2.24) is 15.3 Å². The van der Waals surface area contributed by atoms with Gasteiger partial charge in [-0.25, -0.2) is 4.98 Å². The van der Waals surface area contributed by atoms with E-state index < -0.39 is 0 Å². The predicted molar refractivity (Wildman–Crippen MR) is 77.3 cm³/mol. The highest BCUT2D eigenvalue weighted by molar-refractivity contribution is 5.50. The molecule has 1 aromatic heterocycles. The zero-order valence-electron chi connectivity index (χ0n) is 11.8. The molecule has 104 valence electrons. The molecule has 0 radical (unpaired) electrons. The van der Waals surface area contributed by atoms with Gasteiger partial charge in [0.1, 0.15) is 5.82 Å². The van der Waals surface area contributed by atoms with E-state index >= 15 is 0 Å². The molecule has 2 heterocycles. The van der Waals surface area contributed by atoms with Crippen molar-refractivity contribution in [1.29, 1.82) is 0 Å². The second kappa shape index (κ2) is 4.63. The summed E-state index contributed by atoms with van der Waals surface area (Å²) >= 11 is 0. The van der Waals surface area contributed by atoms with E-state index in [2.05, 4.69) is 29.5 Å². The van der Waals surface area contributed by atoms with E-state index in [4.69, 9.17) is 10.7 Å². The van der Waals surface area contributed by atoms with Gasteiger partial charge in [-0.05, 0) is 32.2 Å². The minimum Gasteiger partial charge on any atom is -0.383 e. The average Bonchev–Trinajstić information content (AvgIpc) is 2.83. The minimum atomic E-state index is 0.106. The monoisotopic (exact) mass is 261 g/mol. The molecule has 1 atom stereocenters. The summed E-state index contributed by atoms with van der Waals surface area (Å²) in [5, 5.41) is 6.74. The van der Waals surface area contributed by atoms with Gasteiger partial charge in [-0.1, -0.05) is 13.8 Å². The molecule has 0 aromatic carbocycles. The van der Waals surface area contributed by atoms with Crippen molar-refractivity contribution in [2.75, 3.05) is 24.1 Å². The SMILES string of the molecule is CC1(C)CCCc2c(N)nc(NC3CCNC3)nc21. The Balaban J connectivity index is 1.92. The molecule has 2 aliphatic rings. The maximum Gasteiger partial charge on any atom is 0.225 e. The summed E-state index contributed by atoms with van der Waals surface area (Å²) in [6.45, 7) is 6.53. The second-order valence-corrected chi connectivity index (χ2v) is 6.33. The number of anilines is 2. The van der Waals surface area contributed by atoms with Crippen LogP contribution in [0.5, 0.6) is 0 Å². The Hall–Kier alpha value is -1.36. The predicted octanol–water partition coefficient (Wildman–Crippen LogP) is 1.45. The van der Waals surface area contributed by atoms with Crippen molar-refractivity contribution in [3.8, 4) is 0 Å². The van der Waals surface area contributed by atoms with Crippen LogP contribution in [0.25, 0.3) is 0 Å². The number of hydrogen-bond acceptors (Lipinski definition) is 5. The normalized spacial score (nSPS) is 25.1. The standard InChI is InChI=1S/C14H23N5/c1-14(2)6-3-4-10-11(14)18-13(19-12(10)15)17-9-5-7-16-8-9/h9,16H,3-8H2,1-2H3,(H3,15,17,18,19). The molecule has 4 N–H and O–H groups in total. The summed E-state index contributed by atoms with van der Waals surface area (Å²) < 4.78 is 0. The molecule has 3 rings (SSSR count). The fraction of sp³-hybridized carbons (Fsp3) is 0.714. The van der Waals surface area contributed by atoms with E-state index in [0.717, 1.165) is 37.2 Å². The number of fused-ring (bicyclic) bond motifs is 1. The highest BCUT2D eigenvalue weighted by atomic mass is 15.2. The molecule has 19 heavy (non-hydrogen) atoms. The highest BCUT2D eigenvalue weighted by Crippen LogP contribution is 2.37. The van der Waals surface area contributed by atoms with E-state index in [-0.39, 0.29) is 5.41 Å². The Morgan fingerprint density at radius 3 is 2.95 bits per heavy atom. The molecular formula is C14H23N5. The summed E-state index contributed by atoms with van der Waals surface area (Å²) in [7, 11) is 0. The summed E-state index contributed by atoms with van der Waals surface area (Å²) in [4.78, 5) is 9.20. The Morgan fingerprint density at radius 1 is 1.37 bits per heavy atom. The largest absolute Gasteiger partial charge is 0.383 e. The lowest BCUT2D eigenvalue weighted by molar-refractivity contribution is 0.418. The lowest BCUT2D eigenvalue weighted by atomic mass is 9.76. The fourth-order valence-electron chi connectivity index (χ4n) is 3.16. The van der Waals surface area contributed by atoms with Gasteiger partial charge in [0.2, 0.25) is 5.95 Å². The van der Waals surface area contributed by atoms with Crippen LogP contribution < -0.4 is 16.4 Å². The maximum atomic E-state index is 6.13. The molecule has 1 aliphatic carbocycles. The van der Waals surface area contributed by atoms with Crippen molar-refractivity contribution < 1.29 is 0 Å². The van der Waals surface area contributed by atoms with Crippen molar-refractivity contribution in [3.63, 3.8) is 0 Å². The first-order valence-corrected chi connectivity index (χ1v) is 7.20. The van der Waals surface area contributed by atoms with Crippen LogP contribution in [0.4, 0.5) is 11.8 Å². The number of aromatic nitrogens is 2. The molecular weight excluding hydrogens is 238 g/mol. The van der Waals surface area contributed by atoms with Gasteiger partial charge >= 0.3 is 0 Å². The van der Waals surface area contributed by atoms with Gasteiger partial charge < -0.3 is 16.4 Å². The molecule has 0 saturated carbocycles. The van der Waals surface area contributed by atoms with Crippen molar-refractivity contribution >= 4 is 11.8 Å². The molecule has 0 amide bonds. The third-order valence-corrected chi connectivity index (χ3v) is 4.30. The van der Waals surface area contributed by atoms with Gasteiger partial charge in [-0.3, -0.25) is 0 Å². The molecule has 1 aromatic rings. The number of rotatable bonds is 2.